The predicted octanol–water partition coefficient (Wildman–Crippen LogP) is 4.50. The monoisotopic (exact) mass is 502 g/mol. The van der Waals surface area contributed by atoms with Crippen LogP contribution in [0.25, 0.3) is 0 Å². The Morgan fingerprint density at radius 1 is 1.20 bits per heavy atom. The first kappa shape index (κ1) is 27.2. The molecule has 1 saturated heterocycles. The van der Waals surface area contributed by atoms with Crippen molar-refractivity contribution in [3.63, 3.8) is 0 Å². The van der Waals surface area contributed by atoms with Gasteiger partial charge < -0.3 is 19.6 Å². The fourth-order valence-corrected chi connectivity index (χ4v) is 5.38. The number of anilines is 1. The molecule has 1 aromatic rings. The molecular formula is C27H38N2O5S. The second-order valence-corrected chi connectivity index (χ2v) is 11.9. The van der Waals surface area contributed by atoms with E-state index in [0.717, 1.165) is 37.0 Å². The van der Waals surface area contributed by atoms with E-state index in [1.165, 1.54) is 0 Å². The maximum Gasteiger partial charge on any atom is 0.348 e. The van der Waals surface area contributed by atoms with Crippen LogP contribution in [0.1, 0.15) is 74.9 Å². The molecule has 1 atom stereocenters. The van der Waals surface area contributed by atoms with Crippen LogP contribution in [0.3, 0.4) is 0 Å². The third-order valence-electron chi connectivity index (χ3n) is 6.59. The number of thiophene rings is 1. The summed E-state index contributed by atoms with van der Waals surface area (Å²) in [6.45, 7) is 12.2. The number of carbonyl (C=O) groups is 3. The van der Waals surface area contributed by atoms with Gasteiger partial charge >= 0.3 is 5.97 Å². The lowest BCUT2D eigenvalue weighted by molar-refractivity contribution is -0.138. The quantitative estimate of drug-likeness (QED) is 0.579. The Morgan fingerprint density at radius 3 is 2.40 bits per heavy atom. The van der Waals surface area contributed by atoms with E-state index in [2.05, 4.69) is 18.8 Å². The second-order valence-electron chi connectivity index (χ2n) is 10.9. The highest BCUT2D eigenvalue weighted by molar-refractivity contribution is 7.15. The molecule has 7 nitrogen and oxygen atoms in total. The summed E-state index contributed by atoms with van der Waals surface area (Å²) in [5.41, 5.74) is 0.118. The minimum atomic E-state index is -1.09. The zero-order valence-electron chi connectivity index (χ0n) is 21.6. The number of nitrogens with zero attached hydrogens (tertiary/aromatic N) is 2. The average Bonchev–Trinajstić information content (AvgIpc) is 3.25. The number of ether oxygens (including phenoxy) is 1. The summed E-state index contributed by atoms with van der Waals surface area (Å²) >= 11 is 1.09. The van der Waals surface area contributed by atoms with Crippen LogP contribution in [-0.2, 0) is 14.3 Å². The number of morpholine rings is 1. The van der Waals surface area contributed by atoms with Gasteiger partial charge in [-0.05, 0) is 58.4 Å². The molecule has 35 heavy (non-hydrogen) atoms. The molecule has 1 aromatic heterocycles. The molecule has 0 radical (unpaired) electrons. The number of amides is 2. The minimum absolute atomic E-state index is 0.0387. The van der Waals surface area contributed by atoms with Crippen molar-refractivity contribution in [3.8, 4) is 11.8 Å². The largest absolute Gasteiger partial charge is 0.477 e. The number of hydrogen-bond acceptors (Lipinski definition) is 5. The van der Waals surface area contributed by atoms with Crippen LogP contribution in [-0.4, -0.2) is 60.6 Å². The van der Waals surface area contributed by atoms with Crippen LogP contribution in [0.15, 0.2) is 6.07 Å². The molecule has 1 unspecified atom stereocenters. The average molecular weight is 503 g/mol. The molecule has 0 bridgehead atoms. The molecule has 2 heterocycles. The minimum Gasteiger partial charge on any atom is -0.477 e. The molecule has 1 saturated carbocycles. The number of aromatic carboxylic acids is 1. The molecule has 1 aliphatic heterocycles. The molecule has 2 amide bonds. The maximum atomic E-state index is 13.8. The number of carboxylic acid groups (broad SMARTS) is 1. The SMILES string of the molecule is CC1CCC(C(=O)N(CC(C)C(=O)N2CCOCC2)c2cc(C#CC(C)(C)C)sc2C(=O)O)CC1. The van der Waals surface area contributed by atoms with Crippen molar-refractivity contribution in [2.24, 2.45) is 23.2 Å². The van der Waals surface area contributed by atoms with Gasteiger partial charge in [-0.1, -0.05) is 25.7 Å². The Kier molecular flexibility index (Phi) is 9.00. The van der Waals surface area contributed by atoms with Gasteiger partial charge in [0.1, 0.15) is 4.88 Å². The van der Waals surface area contributed by atoms with E-state index >= 15 is 0 Å². The highest BCUT2D eigenvalue weighted by atomic mass is 32.1. The Morgan fingerprint density at radius 2 is 1.83 bits per heavy atom. The molecular weight excluding hydrogens is 464 g/mol. The van der Waals surface area contributed by atoms with E-state index in [0.29, 0.717) is 42.8 Å². The van der Waals surface area contributed by atoms with E-state index in [1.54, 1.807) is 15.9 Å². The summed E-state index contributed by atoms with van der Waals surface area (Å²) in [6, 6.07) is 1.71. The van der Waals surface area contributed by atoms with Crippen molar-refractivity contribution in [1.29, 1.82) is 0 Å². The van der Waals surface area contributed by atoms with Crippen LogP contribution in [0.5, 0.6) is 0 Å². The Hall–Kier alpha value is -2.37. The Bertz CT molecular complexity index is 985. The van der Waals surface area contributed by atoms with E-state index in [-0.39, 0.29) is 34.6 Å². The topological polar surface area (TPSA) is 87.2 Å². The lowest BCUT2D eigenvalue weighted by atomic mass is 9.82. The van der Waals surface area contributed by atoms with Crippen LogP contribution >= 0.6 is 11.3 Å². The summed E-state index contributed by atoms with van der Waals surface area (Å²) in [7, 11) is 0. The van der Waals surface area contributed by atoms with Crippen LogP contribution in [0.4, 0.5) is 5.69 Å². The first-order valence-corrected chi connectivity index (χ1v) is 13.4. The van der Waals surface area contributed by atoms with Gasteiger partial charge in [0.25, 0.3) is 0 Å². The van der Waals surface area contributed by atoms with Crippen molar-refractivity contribution in [2.45, 2.75) is 60.3 Å². The van der Waals surface area contributed by atoms with Crippen LogP contribution in [0, 0.1) is 35.0 Å². The summed E-state index contributed by atoms with van der Waals surface area (Å²) < 4.78 is 5.36. The van der Waals surface area contributed by atoms with Crippen LogP contribution < -0.4 is 4.90 Å². The Balaban J connectivity index is 1.94. The van der Waals surface area contributed by atoms with Crippen molar-refractivity contribution in [2.75, 3.05) is 37.7 Å². The molecule has 2 fully saturated rings. The number of carboxylic acids is 1. The van der Waals surface area contributed by atoms with Gasteiger partial charge in [-0.3, -0.25) is 9.59 Å². The molecule has 0 spiro atoms. The van der Waals surface area contributed by atoms with E-state index in [9.17, 15) is 19.5 Å². The molecule has 1 N–H and O–H groups in total. The number of hydrogen-bond donors (Lipinski definition) is 1. The maximum absolute atomic E-state index is 13.8. The lowest BCUT2D eigenvalue weighted by Crippen LogP contribution is -2.48. The molecule has 1 aliphatic carbocycles. The van der Waals surface area contributed by atoms with E-state index in [1.807, 2.05) is 27.7 Å². The fourth-order valence-electron chi connectivity index (χ4n) is 4.53. The van der Waals surface area contributed by atoms with Crippen molar-refractivity contribution in [3.05, 3.63) is 15.8 Å². The summed E-state index contributed by atoms with van der Waals surface area (Å²) in [5, 5.41) is 9.97. The third kappa shape index (κ3) is 7.31. The van der Waals surface area contributed by atoms with Gasteiger partial charge in [-0.15, -0.1) is 11.3 Å². The van der Waals surface area contributed by atoms with E-state index < -0.39 is 11.9 Å². The first-order chi connectivity index (χ1) is 16.5. The smallest absolute Gasteiger partial charge is 0.348 e. The van der Waals surface area contributed by atoms with Gasteiger partial charge in [-0.25, -0.2) is 4.79 Å². The zero-order chi connectivity index (χ0) is 25.8. The Labute approximate surface area is 212 Å². The first-order valence-electron chi connectivity index (χ1n) is 12.5. The molecule has 8 heteroatoms. The standard InChI is InChI=1S/C27H38N2O5S/c1-18-6-8-20(9-7-18)25(31)29(17-19(2)24(30)28-12-14-34-15-13-28)22-16-21(10-11-27(3,4)5)35-23(22)26(32)33/h16,18-20H,6-9,12-15,17H2,1-5H3,(H,32,33). The van der Waals surface area contributed by atoms with Gasteiger partial charge in [0.15, 0.2) is 0 Å². The molecule has 0 aromatic carbocycles. The van der Waals surface area contributed by atoms with Gasteiger partial charge in [0.05, 0.1) is 29.7 Å². The molecule has 192 valence electrons. The molecule has 3 rings (SSSR count). The van der Waals surface area contributed by atoms with Crippen LogP contribution in [0.2, 0.25) is 0 Å². The highest BCUT2D eigenvalue weighted by Crippen LogP contribution is 2.35. The normalized spacial score (nSPS) is 21.6. The highest BCUT2D eigenvalue weighted by Gasteiger charge is 2.34. The zero-order valence-corrected chi connectivity index (χ0v) is 22.4. The van der Waals surface area contributed by atoms with Gasteiger partial charge in [-0.2, -0.15) is 0 Å². The summed E-state index contributed by atoms with van der Waals surface area (Å²) in [5.74, 6) is 4.97. The fraction of sp³-hybridized carbons (Fsp3) is 0.667. The van der Waals surface area contributed by atoms with Crippen molar-refractivity contribution >= 4 is 34.8 Å². The lowest BCUT2D eigenvalue weighted by Gasteiger charge is -2.34. The summed E-state index contributed by atoms with van der Waals surface area (Å²) in [4.78, 5) is 43.1. The predicted molar refractivity (Wildman–Crippen MR) is 138 cm³/mol. The van der Waals surface area contributed by atoms with Gasteiger partial charge in [0.2, 0.25) is 11.8 Å². The summed E-state index contributed by atoms with van der Waals surface area (Å²) in [6.07, 6.45) is 3.52. The van der Waals surface area contributed by atoms with Crippen molar-refractivity contribution in [1.82, 2.24) is 4.90 Å². The second kappa shape index (κ2) is 11.6. The number of carbonyl (C=O) groups excluding carboxylic acids is 2. The van der Waals surface area contributed by atoms with Crippen molar-refractivity contribution < 1.29 is 24.2 Å². The van der Waals surface area contributed by atoms with E-state index in [4.69, 9.17) is 4.74 Å². The number of rotatable bonds is 6. The molecule has 2 aliphatic rings. The third-order valence-corrected chi connectivity index (χ3v) is 7.62. The van der Waals surface area contributed by atoms with Gasteiger partial charge in [0, 0.05) is 31.0 Å².